The van der Waals surface area contributed by atoms with Gasteiger partial charge in [0.05, 0.1) is 6.10 Å². The number of aromatic nitrogens is 1. The highest BCUT2D eigenvalue weighted by atomic mass is 16.3. The Balaban J connectivity index is 1.64. The van der Waals surface area contributed by atoms with Crippen molar-refractivity contribution in [2.75, 3.05) is 19.6 Å². The first-order valence-electron chi connectivity index (χ1n) is 7.41. The third-order valence-electron chi connectivity index (χ3n) is 4.40. The molecule has 0 radical (unpaired) electrons. The Hall–Kier alpha value is -1.85. The molecular weight excluding hydrogens is 266 g/mol. The van der Waals surface area contributed by atoms with Gasteiger partial charge in [0.2, 0.25) is 5.91 Å². The number of amides is 1. The van der Waals surface area contributed by atoms with Crippen molar-refractivity contribution in [2.45, 2.75) is 18.9 Å². The zero-order valence-corrected chi connectivity index (χ0v) is 12.0. The van der Waals surface area contributed by atoms with E-state index in [0.29, 0.717) is 6.54 Å². The number of hydrogen-bond acceptors (Lipinski definition) is 3. The molecule has 0 spiro atoms. The van der Waals surface area contributed by atoms with Crippen LogP contribution >= 0.6 is 0 Å². The van der Waals surface area contributed by atoms with Crippen LogP contribution in [0.5, 0.6) is 0 Å². The molecule has 5 nitrogen and oxygen atoms in total. The molecule has 1 amide bonds. The lowest BCUT2D eigenvalue weighted by Gasteiger charge is -2.31. The van der Waals surface area contributed by atoms with E-state index in [4.69, 9.17) is 5.73 Å². The zero-order valence-electron chi connectivity index (χ0n) is 12.0. The molecular formula is C16H21N3O2. The van der Waals surface area contributed by atoms with Gasteiger partial charge < -0.3 is 20.7 Å². The summed E-state index contributed by atoms with van der Waals surface area (Å²) in [5.41, 5.74) is 7.32. The number of rotatable bonds is 4. The number of benzene rings is 1. The van der Waals surface area contributed by atoms with Crippen LogP contribution in [-0.2, 0) is 4.79 Å². The summed E-state index contributed by atoms with van der Waals surface area (Å²) < 4.78 is 0. The summed E-state index contributed by atoms with van der Waals surface area (Å²) in [6.07, 6.45) is 2.93. The monoisotopic (exact) mass is 287 g/mol. The van der Waals surface area contributed by atoms with Gasteiger partial charge in [0.1, 0.15) is 0 Å². The predicted octanol–water partition coefficient (Wildman–Crippen LogP) is 1.40. The van der Waals surface area contributed by atoms with Crippen molar-refractivity contribution in [1.29, 1.82) is 0 Å². The average molecular weight is 287 g/mol. The third kappa shape index (κ3) is 2.94. The lowest BCUT2D eigenvalue weighted by Crippen LogP contribution is -2.40. The molecule has 1 unspecified atom stereocenters. The molecule has 2 aromatic rings. The number of primary amides is 1. The number of para-hydroxylation sites is 1. The number of nitrogens with two attached hydrogens (primary N) is 1. The number of carbonyl (C=O) groups is 1. The van der Waals surface area contributed by atoms with E-state index in [-0.39, 0.29) is 11.8 Å². The zero-order chi connectivity index (χ0) is 14.8. The molecule has 1 aromatic carbocycles. The van der Waals surface area contributed by atoms with E-state index >= 15 is 0 Å². The number of nitrogens with zero attached hydrogens (tertiary/aromatic N) is 1. The van der Waals surface area contributed by atoms with Crippen LogP contribution in [0.1, 0.15) is 24.5 Å². The van der Waals surface area contributed by atoms with Gasteiger partial charge in [-0.15, -0.1) is 0 Å². The Bertz CT molecular complexity index is 629. The molecule has 1 aliphatic heterocycles. The van der Waals surface area contributed by atoms with Gasteiger partial charge in [-0.2, -0.15) is 0 Å². The number of β-amino-alcohol motifs (C(OH)–C–C–N with tert-alkyl or cyclic N) is 1. The van der Waals surface area contributed by atoms with Gasteiger partial charge in [0.15, 0.2) is 0 Å². The highest BCUT2D eigenvalue weighted by molar-refractivity contribution is 5.83. The number of aliphatic hydroxyl groups is 1. The maximum Gasteiger partial charge on any atom is 0.220 e. The molecule has 21 heavy (non-hydrogen) atoms. The molecule has 0 saturated carbocycles. The Kier molecular flexibility index (Phi) is 3.94. The van der Waals surface area contributed by atoms with Crippen LogP contribution in [0.15, 0.2) is 30.5 Å². The van der Waals surface area contributed by atoms with Crippen LogP contribution in [0.3, 0.4) is 0 Å². The summed E-state index contributed by atoms with van der Waals surface area (Å²) >= 11 is 0. The first kappa shape index (κ1) is 14.1. The van der Waals surface area contributed by atoms with Crippen molar-refractivity contribution in [2.24, 2.45) is 11.7 Å². The largest absolute Gasteiger partial charge is 0.387 e. The van der Waals surface area contributed by atoms with Crippen molar-refractivity contribution in [1.82, 2.24) is 9.88 Å². The molecule has 1 atom stereocenters. The van der Waals surface area contributed by atoms with Gasteiger partial charge in [-0.25, -0.2) is 0 Å². The Labute approximate surface area is 123 Å². The Morgan fingerprint density at radius 2 is 2.10 bits per heavy atom. The number of fused-ring (bicyclic) bond motifs is 1. The molecule has 5 heteroatoms. The maximum absolute atomic E-state index is 11.2. The first-order valence-corrected chi connectivity index (χ1v) is 7.41. The van der Waals surface area contributed by atoms with Gasteiger partial charge in [0.25, 0.3) is 0 Å². The SMILES string of the molecule is NC(=O)C1CCN(CC(O)c2c[nH]c3ccccc23)CC1. The fraction of sp³-hybridized carbons (Fsp3) is 0.438. The molecule has 3 rings (SSSR count). The number of H-pyrrole nitrogens is 1. The third-order valence-corrected chi connectivity index (χ3v) is 4.40. The standard InChI is InChI=1S/C16H21N3O2/c17-16(21)11-5-7-19(8-6-11)10-15(20)13-9-18-14-4-2-1-3-12(13)14/h1-4,9,11,15,18,20H,5-8,10H2,(H2,17,21). The van der Waals surface area contributed by atoms with Crippen LogP contribution in [0.2, 0.25) is 0 Å². The first-order chi connectivity index (χ1) is 10.1. The summed E-state index contributed by atoms with van der Waals surface area (Å²) in [5, 5.41) is 11.5. The average Bonchev–Trinajstić information content (AvgIpc) is 2.92. The minimum absolute atomic E-state index is 0.00789. The van der Waals surface area contributed by atoms with Gasteiger partial charge >= 0.3 is 0 Å². The number of nitrogens with one attached hydrogen (secondary N) is 1. The van der Waals surface area contributed by atoms with E-state index in [9.17, 15) is 9.90 Å². The number of hydrogen-bond donors (Lipinski definition) is 3. The predicted molar refractivity (Wildman–Crippen MR) is 81.6 cm³/mol. The lowest BCUT2D eigenvalue weighted by molar-refractivity contribution is -0.123. The number of piperidine rings is 1. The highest BCUT2D eigenvalue weighted by Crippen LogP contribution is 2.26. The number of aromatic amines is 1. The highest BCUT2D eigenvalue weighted by Gasteiger charge is 2.25. The molecule has 1 fully saturated rings. The topological polar surface area (TPSA) is 82.3 Å². The normalized spacial score (nSPS) is 18.9. The van der Waals surface area contributed by atoms with Crippen molar-refractivity contribution in [3.63, 3.8) is 0 Å². The Morgan fingerprint density at radius 1 is 1.38 bits per heavy atom. The van der Waals surface area contributed by atoms with Crippen LogP contribution in [0.25, 0.3) is 10.9 Å². The molecule has 4 N–H and O–H groups in total. The van der Waals surface area contributed by atoms with Crippen molar-refractivity contribution in [3.8, 4) is 0 Å². The number of likely N-dealkylation sites (tertiary alicyclic amines) is 1. The van der Waals surface area contributed by atoms with Crippen LogP contribution in [0.4, 0.5) is 0 Å². The molecule has 0 bridgehead atoms. The minimum Gasteiger partial charge on any atom is -0.387 e. The second-order valence-corrected chi connectivity index (χ2v) is 5.78. The fourth-order valence-electron chi connectivity index (χ4n) is 3.11. The van der Waals surface area contributed by atoms with Gasteiger partial charge in [-0.05, 0) is 32.0 Å². The molecule has 0 aliphatic carbocycles. The van der Waals surface area contributed by atoms with E-state index in [1.54, 1.807) is 0 Å². The number of carbonyl (C=O) groups excluding carboxylic acids is 1. The van der Waals surface area contributed by atoms with E-state index in [1.807, 2.05) is 30.5 Å². The van der Waals surface area contributed by atoms with Crippen LogP contribution in [-0.4, -0.2) is 40.5 Å². The Morgan fingerprint density at radius 3 is 2.81 bits per heavy atom. The fourth-order valence-corrected chi connectivity index (χ4v) is 3.11. The second kappa shape index (κ2) is 5.87. The minimum atomic E-state index is -0.522. The summed E-state index contributed by atoms with van der Waals surface area (Å²) in [5.74, 6) is -0.210. The molecule has 1 saturated heterocycles. The van der Waals surface area contributed by atoms with E-state index < -0.39 is 6.10 Å². The van der Waals surface area contributed by atoms with Crippen LogP contribution in [0, 0.1) is 5.92 Å². The summed E-state index contributed by atoms with van der Waals surface area (Å²) in [6, 6.07) is 7.97. The molecule has 1 aliphatic rings. The quantitative estimate of drug-likeness (QED) is 0.795. The van der Waals surface area contributed by atoms with Crippen molar-refractivity contribution >= 4 is 16.8 Å². The summed E-state index contributed by atoms with van der Waals surface area (Å²) in [4.78, 5) is 16.6. The van der Waals surface area contributed by atoms with Crippen molar-refractivity contribution in [3.05, 3.63) is 36.0 Å². The molecule has 112 valence electrons. The van der Waals surface area contributed by atoms with Gasteiger partial charge in [-0.3, -0.25) is 4.79 Å². The van der Waals surface area contributed by atoms with Gasteiger partial charge in [0, 0.05) is 35.1 Å². The van der Waals surface area contributed by atoms with E-state index in [1.165, 1.54) is 0 Å². The molecule has 1 aromatic heterocycles. The van der Waals surface area contributed by atoms with E-state index in [2.05, 4.69) is 9.88 Å². The lowest BCUT2D eigenvalue weighted by atomic mass is 9.96. The summed E-state index contributed by atoms with van der Waals surface area (Å²) in [7, 11) is 0. The number of aliphatic hydroxyl groups excluding tert-OH is 1. The smallest absolute Gasteiger partial charge is 0.220 e. The van der Waals surface area contributed by atoms with Crippen molar-refractivity contribution < 1.29 is 9.90 Å². The van der Waals surface area contributed by atoms with E-state index in [0.717, 1.165) is 42.4 Å². The van der Waals surface area contributed by atoms with Crippen LogP contribution < -0.4 is 5.73 Å². The maximum atomic E-state index is 11.2. The van der Waals surface area contributed by atoms with Gasteiger partial charge in [-0.1, -0.05) is 18.2 Å². The molecule has 2 heterocycles. The summed E-state index contributed by atoms with van der Waals surface area (Å²) in [6.45, 7) is 2.22. The second-order valence-electron chi connectivity index (χ2n) is 5.78.